The van der Waals surface area contributed by atoms with Gasteiger partial charge in [0.2, 0.25) is 11.8 Å². The molecule has 146 valence electrons. The molecule has 3 heterocycles. The van der Waals surface area contributed by atoms with Gasteiger partial charge in [-0.15, -0.1) is 11.3 Å². The molecule has 0 amide bonds. The fraction of sp³-hybridized carbons (Fsp3) is 0.316. The third-order valence-corrected chi connectivity index (χ3v) is 5.07. The average molecular weight is 398 g/mol. The summed E-state index contributed by atoms with van der Waals surface area (Å²) in [7, 11) is 1.63. The molecule has 2 aromatic heterocycles. The van der Waals surface area contributed by atoms with E-state index in [0.717, 1.165) is 36.1 Å². The lowest BCUT2D eigenvalue weighted by Crippen LogP contribution is -2.29. The zero-order chi connectivity index (χ0) is 19.2. The lowest BCUT2D eigenvalue weighted by molar-refractivity contribution is 0.412. The molecule has 1 aliphatic heterocycles. The highest BCUT2D eigenvalue weighted by atomic mass is 32.1. The van der Waals surface area contributed by atoms with Crippen molar-refractivity contribution in [1.29, 1.82) is 0 Å². The molecule has 0 bridgehead atoms. The van der Waals surface area contributed by atoms with Gasteiger partial charge in [-0.05, 0) is 43.7 Å². The predicted molar refractivity (Wildman–Crippen MR) is 110 cm³/mol. The minimum atomic E-state index is 0.433. The van der Waals surface area contributed by atoms with E-state index in [4.69, 9.17) is 9.47 Å². The van der Waals surface area contributed by atoms with Crippen LogP contribution in [0.3, 0.4) is 0 Å². The number of benzene rings is 1. The summed E-state index contributed by atoms with van der Waals surface area (Å²) in [5.74, 6) is 2.33. The molecule has 1 atom stereocenters. The molecule has 0 saturated carbocycles. The maximum atomic E-state index is 6.04. The maximum absolute atomic E-state index is 6.04. The normalized spacial score (nSPS) is 16.0. The smallest absolute Gasteiger partial charge is 0.247 e. The van der Waals surface area contributed by atoms with Crippen LogP contribution in [0.2, 0.25) is 0 Å². The first-order chi connectivity index (χ1) is 13.8. The number of aromatic nitrogens is 3. The molecule has 1 aliphatic rings. The van der Waals surface area contributed by atoms with Crippen LogP contribution in [0.4, 0.5) is 16.8 Å². The van der Waals surface area contributed by atoms with Gasteiger partial charge in [-0.2, -0.15) is 4.98 Å². The van der Waals surface area contributed by atoms with Crippen LogP contribution in [0.5, 0.6) is 17.4 Å². The number of ether oxygens (including phenoxy) is 2. The lowest BCUT2D eigenvalue weighted by Gasteiger charge is -2.16. The van der Waals surface area contributed by atoms with Gasteiger partial charge in [0.05, 0.1) is 13.3 Å². The van der Waals surface area contributed by atoms with E-state index in [1.807, 2.05) is 29.6 Å². The molecule has 0 radical (unpaired) electrons. The monoisotopic (exact) mass is 398 g/mol. The Labute approximate surface area is 167 Å². The van der Waals surface area contributed by atoms with Gasteiger partial charge < -0.3 is 20.1 Å². The van der Waals surface area contributed by atoms with Crippen LogP contribution in [0.1, 0.15) is 12.8 Å². The summed E-state index contributed by atoms with van der Waals surface area (Å²) in [5, 5.41) is 12.6. The summed E-state index contributed by atoms with van der Waals surface area (Å²) < 4.78 is 11.2. The van der Waals surface area contributed by atoms with Crippen molar-refractivity contribution in [2.45, 2.75) is 18.9 Å². The molecule has 8 nitrogen and oxygen atoms in total. The van der Waals surface area contributed by atoms with E-state index in [1.165, 1.54) is 17.8 Å². The van der Waals surface area contributed by atoms with Crippen LogP contribution in [0.15, 0.2) is 42.0 Å². The summed E-state index contributed by atoms with van der Waals surface area (Å²) in [6.07, 6.45) is 5.82. The van der Waals surface area contributed by atoms with E-state index >= 15 is 0 Å². The highest BCUT2D eigenvalue weighted by Gasteiger charge is 2.16. The van der Waals surface area contributed by atoms with Crippen molar-refractivity contribution in [2.75, 3.05) is 30.8 Å². The lowest BCUT2D eigenvalue weighted by atomic mass is 10.2. The third kappa shape index (κ3) is 4.68. The van der Waals surface area contributed by atoms with Gasteiger partial charge in [0, 0.05) is 24.2 Å². The Hall–Kier alpha value is -2.91. The molecule has 1 fully saturated rings. The topological polar surface area (TPSA) is 93.2 Å². The van der Waals surface area contributed by atoms with Gasteiger partial charge in [-0.3, -0.25) is 5.32 Å². The molecular formula is C19H22N6O2S. The Morgan fingerprint density at radius 3 is 2.79 bits per heavy atom. The van der Waals surface area contributed by atoms with Crippen molar-refractivity contribution in [1.82, 2.24) is 20.3 Å². The van der Waals surface area contributed by atoms with E-state index < -0.39 is 0 Å². The van der Waals surface area contributed by atoms with Crippen molar-refractivity contribution in [2.24, 2.45) is 0 Å². The predicted octanol–water partition coefficient (Wildman–Crippen LogP) is 3.64. The fourth-order valence-corrected chi connectivity index (χ4v) is 3.45. The Bertz CT molecular complexity index is 882. The number of hydrogen-bond acceptors (Lipinski definition) is 9. The summed E-state index contributed by atoms with van der Waals surface area (Å²) in [6, 6.07) is 7.83. The van der Waals surface area contributed by atoms with Gasteiger partial charge in [0.15, 0.2) is 5.13 Å². The van der Waals surface area contributed by atoms with Gasteiger partial charge in [-0.1, -0.05) is 0 Å². The summed E-state index contributed by atoms with van der Waals surface area (Å²) >= 11 is 1.48. The van der Waals surface area contributed by atoms with Crippen molar-refractivity contribution in [3.8, 4) is 17.4 Å². The van der Waals surface area contributed by atoms with Crippen molar-refractivity contribution in [3.05, 3.63) is 42.0 Å². The Morgan fingerprint density at radius 2 is 2.07 bits per heavy atom. The summed E-state index contributed by atoms with van der Waals surface area (Å²) in [6.45, 7) is 1.86. The van der Waals surface area contributed by atoms with E-state index in [1.54, 1.807) is 19.5 Å². The molecule has 9 heteroatoms. The average Bonchev–Trinajstić information content (AvgIpc) is 3.42. The molecule has 1 aromatic carbocycles. The number of methoxy groups -OCH3 is 1. The second kappa shape index (κ2) is 8.85. The highest BCUT2D eigenvalue weighted by molar-refractivity contribution is 7.13. The van der Waals surface area contributed by atoms with Crippen molar-refractivity contribution in [3.63, 3.8) is 0 Å². The molecule has 3 N–H and O–H groups in total. The van der Waals surface area contributed by atoms with Crippen LogP contribution in [0, 0.1) is 0 Å². The molecular weight excluding hydrogens is 376 g/mol. The van der Waals surface area contributed by atoms with E-state index in [9.17, 15) is 0 Å². The molecule has 0 spiro atoms. The quantitative estimate of drug-likeness (QED) is 0.530. The molecule has 0 unspecified atom stereocenters. The number of anilines is 3. The second-order valence-corrected chi connectivity index (χ2v) is 7.22. The number of rotatable bonds is 8. The van der Waals surface area contributed by atoms with Crippen LogP contribution in [0.25, 0.3) is 0 Å². The third-order valence-electron chi connectivity index (χ3n) is 4.38. The Kier molecular flexibility index (Phi) is 5.83. The van der Waals surface area contributed by atoms with Crippen LogP contribution in [-0.4, -0.2) is 41.2 Å². The minimum absolute atomic E-state index is 0.433. The standard InChI is InChI=1S/C19H22N6O2S/c1-26-14-4-6-15(7-5-14)27-17-16(22-11-13-3-2-8-20-13)12-23-18(24-17)25-19-21-9-10-28-19/h4-7,9-10,12-13,20,22H,2-3,8,11H2,1H3,(H,21,23,24,25)/t13-/m0/s1. The minimum Gasteiger partial charge on any atom is -0.497 e. The largest absolute Gasteiger partial charge is 0.497 e. The highest BCUT2D eigenvalue weighted by Crippen LogP contribution is 2.30. The molecule has 1 saturated heterocycles. The maximum Gasteiger partial charge on any atom is 0.247 e. The van der Waals surface area contributed by atoms with E-state index in [2.05, 4.69) is 30.9 Å². The SMILES string of the molecule is COc1ccc(Oc2nc(Nc3nccs3)ncc2NC[C@@H]2CCCN2)cc1. The molecule has 28 heavy (non-hydrogen) atoms. The first-order valence-electron chi connectivity index (χ1n) is 9.13. The van der Waals surface area contributed by atoms with Gasteiger partial charge >= 0.3 is 0 Å². The first kappa shape index (κ1) is 18.5. The first-order valence-corrected chi connectivity index (χ1v) is 10.0. The van der Waals surface area contributed by atoms with Crippen LogP contribution >= 0.6 is 11.3 Å². The van der Waals surface area contributed by atoms with Gasteiger partial charge in [0.25, 0.3) is 0 Å². The second-order valence-electron chi connectivity index (χ2n) is 6.33. The number of nitrogens with one attached hydrogen (secondary N) is 3. The fourth-order valence-electron chi connectivity index (χ4n) is 2.93. The number of thiazole rings is 1. The van der Waals surface area contributed by atoms with Gasteiger partial charge in [0.1, 0.15) is 17.2 Å². The van der Waals surface area contributed by atoms with Crippen LogP contribution < -0.4 is 25.4 Å². The van der Waals surface area contributed by atoms with Gasteiger partial charge in [-0.25, -0.2) is 9.97 Å². The summed E-state index contributed by atoms with van der Waals surface area (Å²) in [5.41, 5.74) is 0.745. The Morgan fingerprint density at radius 1 is 1.21 bits per heavy atom. The summed E-state index contributed by atoms with van der Waals surface area (Å²) in [4.78, 5) is 13.1. The molecule has 4 rings (SSSR count). The van der Waals surface area contributed by atoms with E-state index in [0.29, 0.717) is 23.6 Å². The van der Waals surface area contributed by atoms with E-state index in [-0.39, 0.29) is 0 Å². The zero-order valence-electron chi connectivity index (χ0n) is 15.5. The van der Waals surface area contributed by atoms with Crippen molar-refractivity contribution >= 4 is 28.1 Å². The number of hydrogen-bond donors (Lipinski definition) is 3. The zero-order valence-corrected chi connectivity index (χ0v) is 16.3. The number of nitrogens with zero attached hydrogens (tertiary/aromatic N) is 3. The van der Waals surface area contributed by atoms with Crippen molar-refractivity contribution < 1.29 is 9.47 Å². The molecule has 3 aromatic rings. The molecule has 0 aliphatic carbocycles. The van der Waals surface area contributed by atoms with Crippen LogP contribution in [-0.2, 0) is 0 Å². The Balaban J connectivity index is 1.54.